The zero-order valence-electron chi connectivity index (χ0n) is 16.5. The number of halogens is 1. The standard InChI is InChI=1S/C20H29N3O5.ClH/c24-19(10-16-13-26-9-7-21-16)22-11-15-4-1-2-6-18(15)28-14-20(25)23-12-17-5-3-8-27-17;/h1-2,4,6,16-17,21H,3,5,7-14H2,(H,22,24)(H,23,25);1H. The third kappa shape index (κ3) is 8.18. The number of rotatable bonds is 9. The Morgan fingerprint density at radius 2 is 2.03 bits per heavy atom. The van der Waals surface area contributed by atoms with E-state index in [0.717, 1.165) is 31.6 Å². The number of hydrogen-bond donors (Lipinski definition) is 3. The van der Waals surface area contributed by atoms with Crippen molar-refractivity contribution < 1.29 is 23.8 Å². The number of carbonyl (C=O) groups excluding carboxylic acids is 2. The first-order valence-electron chi connectivity index (χ1n) is 9.87. The number of nitrogens with one attached hydrogen (secondary N) is 3. The van der Waals surface area contributed by atoms with E-state index in [4.69, 9.17) is 14.2 Å². The summed E-state index contributed by atoms with van der Waals surface area (Å²) in [5, 5.41) is 9.00. The van der Waals surface area contributed by atoms with Crippen LogP contribution < -0.4 is 20.7 Å². The fourth-order valence-corrected chi connectivity index (χ4v) is 3.26. The highest BCUT2D eigenvalue weighted by Gasteiger charge is 2.18. The minimum Gasteiger partial charge on any atom is -0.483 e. The number of benzene rings is 1. The molecule has 1 aromatic carbocycles. The minimum absolute atomic E-state index is 0. The van der Waals surface area contributed by atoms with Gasteiger partial charge in [0.1, 0.15) is 5.75 Å². The molecule has 0 saturated carbocycles. The molecule has 0 aromatic heterocycles. The van der Waals surface area contributed by atoms with Gasteiger partial charge in [-0.1, -0.05) is 18.2 Å². The third-order valence-corrected chi connectivity index (χ3v) is 4.79. The summed E-state index contributed by atoms with van der Waals surface area (Å²) >= 11 is 0. The lowest BCUT2D eigenvalue weighted by Gasteiger charge is -2.23. The van der Waals surface area contributed by atoms with E-state index in [2.05, 4.69) is 16.0 Å². The van der Waals surface area contributed by atoms with Crippen LogP contribution in [0.4, 0.5) is 0 Å². The highest BCUT2D eigenvalue weighted by molar-refractivity contribution is 5.85. The highest BCUT2D eigenvalue weighted by atomic mass is 35.5. The summed E-state index contributed by atoms with van der Waals surface area (Å²) < 4.78 is 16.5. The second-order valence-electron chi connectivity index (χ2n) is 7.04. The topological polar surface area (TPSA) is 97.9 Å². The average Bonchev–Trinajstić information content (AvgIpc) is 3.24. The Bertz CT molecular complexity index is 649. The number of carbonyl (C=O) groups is 2. The van der Waals surface area contributed by atoms with Crippen molar-refractivity contribution in [3.05, 3.63) is 29.8 Å². The molecule has 2 aliphatic heterocycles. The van der Waals surface area contributed by atoms with Gasteiger partial charge in [-0.2, -0.15) is 0 Å². The van der Waals surface area contributed by atoms with Crippen molar-refractivity contribution >= 4 is 24.2 Å². The molecule has 2 unspecified atom stereocenters. The molecule has 3 rings (SSSR count). The summed E-state index contributed by atoms with van der Waals surface area (Å²) in [6.45, 7) is 3.56. The first-order valence-corrected chi connectivity index (χ1v) is 9.87. The fourth-order valence-electron chi connectivity index (χ4n) is 3.26. The summed E-state index contributed by atoms with van der Waals surface area (Å²) in [6, 6.07) is 7.44. The summed E-state index contributed by atoms with van der Waals surface area (Å²) in [5.74, 6) is 0.360. The van der Waals surface area contributed by atoms with Crippen LogP contribution in [0.1, 0.15) is 24.8 Å². The van der Waals surface area contributed by atoms with Gasteiger partial charge >= 0.3 is 0 Å². The van der Waals surface area contributed by atoms with E-state index >= 15 is 0 Å². The fraction of sp³-hybridized carbons (Fsp3) is 0.600. The van der Waals surface area contributed by atoms with Gasteiger partial charge in [-0.15, -0.1) is 12.4 Å². The lowest BCUT2D eigenvalue weighted by Crippen LogP contribution is -2.44. The Morgan fingerprint density at radius 3 is 2.79 bits per heavy atom. The molecule has 2 heterocycles. The van der Waals surface area contributed by atoms with Crippen LogP contribution in [-0.4, -0.2) is 63.5 Å². The van der Waals surface area contributed by atoms with Gasteiger partial charge in [0.05, 0.1) is 19.3 Å². The zero-order valence-corrected chi connectivity index (χ0v) is 17.3. The van der Waals surface area contributed by atoms with Crippen LogP contribution in [0.5, 0.6) is 5.75 Å². The molecular formula is C20H30ClN3O5. The van der Waals surface area contributed by atoms with Gasteiger partial charge in [0, 0.05) is 44.3 Å². The van der Waals surface area contributed by atoms with Crippen LogP contribution in [0, 0.1) is 0 Å². The van der Waals surface area contributed by atoms with Crippen LogP contribution in [-0.2, 0) is 25.6 Å². The van der Waals surface area contributed by atoms with Gasteiger partial charge < -0.3 is 30.2 Å². The smallest absolute Gasteiger partial charge is 0.258 e. The largest absolute Gasteiger partial charge is 0.483 e. The maximum atomic E-state index is 12.1. The van der Waals surface area contributed by atoms with Crippen LogP contribution in [0.15, 0.2) is 24.3 Å². The van der Waals surface area contributed by atoms with E-state index < -0.39 is 0 Å². The van der Waals surface area contributed by atoms with Crippen molar-refractivity contribution in [1.82, 2.24) is 16.0 Å². The first-order chi connectivity index (χ1) is 13.7. The van der Waals surface area contributed by atoms with Gasteiger partial charge in [0.25, 0.3) is 5.91 Å². The van der Waals surface area contributed by atoms with Crippen LogP contribution >= 0.6 is 12.4 Å². The maximum absolute atomic E-state index is 12.1. The maximum Gasteiger partial charge on any atom is 0.258 e. The molecule has 2 atom stereocenters. The highest BCUT2D eigenvalue weighted by Crippen LogP contribution is 2.18. The SMILES string of the molecule is Cl.O=C(COc1ccccc1CNC(=O)CC1COCCN1)NCC1CCCO1. The number of para-hydroxylation sites is 1. The van der Waals surface area contributed by atoms with Crippen LogP contribution in [0.25, 0.3) is 0 Å². The molecule has 1 aromatic rings. The normalized spacial score (nSPS) is 21.1. The molecule has 0 aliphatic carbocycles. The Kier molecular flexibility index (Phi) is 10.2. The van der Waals surface area contributed by atoms with Crippen molar-refractivity contribution in [3.8, 4) is 5.75 Å². The van der Waals surface area contributed by atoms with E-state index in [1.165, 1.54) is 0 Å². The molecule has 162 valence electrons. The summed E-state index contributed by atoms with van der Waals surface area (Å²) in [5.41, 5.74) is 0.829. The minimum atomic E-state index is -0.183. The zero-order chi connectivity index (χ0) is 19.6. The van der Waals surface area contributed by atoms with Gasteiger partial charge in [-0.3, -0.25) is 9.59 Å². The number of hydrogen-bond acceptors (Lipinski definition) is 6. The molecule has 2 amide bonds. The monoisotopic (exact) mass is 427 g/mol. The van der Waals surface area contributed by atoms with Crippen molar-refractivity contribution in [2.24, 2.45) is 0 Å². The van der Waals surface area contributed by atoms with Crippen LogP contribution in [0.3, 0.4) is 0 Å². The van der Waals surface area contributed by atoms with Gasteiger partial charge in [0.2, 0.25) is 5.91 Å². The quantitative estimate of drug-likeness (QED) is 0.538. The van der Waals surface area contributed by atoms with E-state index in [1.54, 1.807) is 6.07 Å². The predicted molar refractivity (Wildman–Crippen MR) is 110 cm³/mol. The molecule has 0 spiro atoms. The van der Waals surface area contributed by atoms with Crippen molar-refractivity contribution in [3.63, 3.8) is 0 Å². The van der Waals surface area contributed by atoms with E-state index in [0.29, 0.717) is 38.5 Å². The average molecular weight is 428 g/mol. The molecule has 2 fully saturated rings. The second kappa shape index (κ2) is 12.6. The van der Waals surface area contributed by atoms with Crippen molar-refractivity contribution in [2.75, 3.05) is 39.5 Å². The molecule has 2 aliphatic rings. The van der Waals surface area contributed by atoms with Crippen LogP contribution in [0.2, 0.25) is 0 Å². The molecule has 2 saturated heterocycles. The lowest BCUT2D eigenvalue weighted by molar-refractivity contribution is -0.124. The number of morpholine rings is 1. The molecular weight excluding hydrogens is 398 g/mol. The lowest BCUT2D eigenvalue weighted by atomic mass is 10.1. The van der Waals surface area contributed by atoms with Gasteiger partial charge in [-0.25, -0.2) is 0 Å². The Hall–Kier alpha value is -1.87. The van der Waals surface area contributed by atoms with Crippen molar-refractivity contribution in [2.45, 2.75) is 38.0 Å². The van der Waals surface area contributed by atoms with E-state index in [1.807, 2.05) is 18.2 Å². The predicted octanol–water partition coefficient (Wildman–Crippen LogP) is 0.777. The Labute approximate surface area is 177 Å². The van der Waals surface area contributed by atoms with E-state index in [9.17, 15) is 9.59 Å². The molecule has 3 N–H and O–H groups in total. The Morgan fingerprint density at radius 1 is 1.17 bits per heavy atom. The number of amides is 2. The summed E-state index contributed by atoms with van der Waals surface area (Å²) in [4.78, 5) is 24.1. The summed E-state index contributed by atoms with van der Waals surface area (Å²) in [6.07, 6.45) is 2.50. The van der Waals surface area contributed by atoms with Gasteiger partial charge in [-0.05, 0) is 18.9 Å². The first kappa shape index (κ1) is 23.4. The summed E-state index contributed by atoms with van der Waals surface area (Å²) in [7, 11) is 0. The molecule has 0 radical (unpaired) electrons. The second-order valence-corrected chi connectivity index (χ2v) is 7.04. The van der Waals surface area contributed by atoms with Crippen molar-refractivity contribution in [1.29, 1.82) is 0 Å². The molecule has 29 heavy (non-hydrogen) atoms. The molecule has 9 heteroatoms. The van der Waals surface area contributed by atoms with Gasteiger partial charge in [0.15, 0.2) is 6.61 Å². The molecule has 0 bridgehead atoms. The Balaban J connectivity index is 0.00000300. The molecule has 8 nitrogen and oxygen atoms in total. The number of ether oxygens (including phenoxy) is 3. The third-order valence-electron chi connectivity index (χ3n) is 4.79. The van der Waals surface area contributed by atoms with E-state index in [-0.39, 0.29) is 43.0 Å².